The van der Waals surface area contributed by atoms with Crippen LogP contribution in [-0.4, -0.2) is 47.4 Å². The molecule has 0 rings (SSSR count). The molecule has 0 aromatic heterocycles. The number of aliphatic hydroxyl groups is 2. The van der Waals surface area contributed by atoms with Crippen LogP contribution in [-0.2, 0) is 14.3 Å². The molecule has 0 aliphatic heterocycles. The first-order chi connectivity index (χ1) is 31.0. The minimum Gasteiger partial charge on any atom is -0.466 e. The molecule has 0 saturated carbocycles. The van der Waals surface area contributed by atoms with Crippen molar-refractivity contribution in [1.82, 2.24) is 5.32 Å². The molecule has 0 spiro atoms. The van der Waals surface area contributed by atoms with Gasteiger partial charge in [-0.15, -0.1) is 0 Å². The summed E-state index contributed by atoms with van der Waals surface area (Å²) in [5.74, 6) is -0.0442. The van der Waals surface area contributed by atoms with Gasteiger partial charge in [0.25, 0.3) is 0 Å². The average molecular weight is 889 g/mol. The summed E-state index contributed by atoms with van der Waals surface area (Å²) in [4.78, 5) is 24.4. The average Bonchev–Trinajstić information content (AvgIpc) is 3.28. The van der Waals surface area contributed by atoms with Gasteiger partial charge in [-0.2, -0.15) is 0 Å². The Morgan fingerprint density at radius 3 is 1.13 bits per heavy atom. The highest BCUT2D eigenvalue weighted by Crippen LogP contribution is 2.16. The number of amides is 1. The summed E-state index contributed by atoms with van der Waals surface area (Å²) < 4.78 is 5.47. The van der Waals surface area contributed by atoms with Crippen LogP contribution in [0.1, 0.15) is 303 Å². The Morgan fingerprint density at radius 2 is 0.746 bits per heavy atom. The van der Waals surface area contributed by atoms with Gasteiger partial charge in [0.1, 0.15) is 0 Å². The number of carbonyl (C=O) groups is 2. The van der Waals surface area contributed by atoms with E-state index in [4.69, 9.17) is 4.74 Å². The molecular formula is C57H109NO5. The lowest BCUT2D eigenvalue weighted by Gasteiger charge is -2.22. The molecule has 6 nitrogen and oxygen atoms in total. The van der Waals surface area contributed by atoms with E-state index in [0.717, 1.165) is 44.9 Å². The van der Waals surface area contributed by atoms with Gasteiger partial charge >= 0.3 is 5.97 Å². The number of nitrogens with one attached hydrogen (secondary N) is 1. The molecule has 0 aliphatic rings. The quantitative estimate of drug-likeness (QED) is 0.0321. The van der Waals surface area contributed by atoms with Gasteiger partial charge in [0.05, 0.1) is 25.4 Å². The Hall–Kier alpha value is -1.66. The first kappa shape index (κ1) is 61.3. The van der Waals surface area contributed by atoms with Crippen molar-refractivity contribution < 1.29 is 24.5 Å². The molecule has 6 heteroatoms. The summed E-state index contributed by atoms with van der Waals surface area (Å²) in [5, 5.41) is 23.1. The molecule has 0 aliphatic carbocycles. The highest BCUT2D eigenvalue weighted by atomic mass is 16.5. The third-order valence-electron chi connectivity index (χ3n) is 13.0. The van der Waals surface area contributed by atoms with E-state index in [1.807, 2.05) is 0 Å². The van der Waals surface area contributed by atoms with Gasteiger partial charge in [-0.1, -0.05) is 237 Å². The zero-order valence-electron chi connectivity index (χ0n) is 42.3. The number of carbonyl (C=O) groups excluding carboxylic acids is 2. The molecule has 0 saturated heterocycles. The molecule has 63 heavy (non-hydrogen) atoms. The van der Waals surface area contributed by atoms with Gasteiger partial charge in [0.15, 0.2) is 0 Å². The Kier molecular flexibility index (Phi) is 51.6. The summed E-state index contributed by atoms with van der Waals surface area (Å²) in [6.07, 6.45) is 63.1. The largest absolute Gasteiger partial charge is 0.466 e. The molecule has 0 fully saturated rings. The van der Waals surface area contributed by atoms with Gasteiger partial charge in [-0.05, 0) is 77.0 Å². The number of aliphatic hydroxyl groups excluding tert-OH is 2. The van der Waals surface area contributed by atoms with E-state index in [9.17, 15) is 19.8 Å². The number of esters is 1. The summed E-state index contributed by atoms with van der Waals surface area (Å²) >= 11 is 0. The Balaban J connectivity index is 3.40. The topological polar surface area (TPSA) is 95.9 Å². The molecular weight excluding hydrogens is 779 g/mol. The van der Waals surface area contributed by atoms with E-state index in [1.54, 1.807) is 0 Å². The standard InChI is InChI=1S/C57H109NO5/c1-3-5-7-9-11-13-15-16-24-28-31-35-39-43-47-51-57(62)63-52-48-44-40-36-32-29-26-23-21-19-17-18-20-22-25-27-30-34-38-42-46-50-56(61)58-54(53-59)55(60)49-45-41-37-33-14-12-10-8-6-4-2/h16,18,20,24,54-55,59-60H,3-15,17,19,21-23,25-53H2,1-2H3,(H,58,61)/b20-18-,24-16-. The van der Waals surface area contributed by atoms with E-state index in [-0.39, 0.29) is 18.5 Å². The van der Waals surface area contributed by atoms with Crippen LogP contribution < -0.4 is 5.32 Å². The van der Waals surface area contributed by atoms with Crippen LogP contribution in [0.15, 0.2) is 24.3 Å². The third kappa shape index (κ3) is 49.6. The van der Waals surface area contributed by atoms with Crippen LogP contribution in [0.25, 0.3) is 0 Å². The van der Waals surface area contributed by atoms with Crippen molar-refractivity contribution in [3.63, 3.8) is 0 Å². The fraction of sp³-hybridized carbons (Fsp3) is 0.895. The second kappa shape index (κ2) is 53.0. The summed E-state index contributed by atoms with van der Waals surface area (Å²) in [5.41, 5.74) is 0. The number of hydrogen-bond donors (Lipinski definition) is 3. The number of unbranched alkanes of at least 4 members (excludes halogenated alkanes) is 37. The first-order valence-corrected chi connectivity index (χ1v) is 28.1. The minimum atomic E-state index is -0.667. The zero-order chi connectivity index (χ0) is 45.8. The number of allylic oxidation sites excluding steroid dienone is 4. The summed E-state index contributed by atoms with van der Waals surface area (Å²) in [6.45, 7) is 4.93. The van der Waals surface area contributed by atoms with E-state index in [2.05, 4.69) is 43.5 Å². The van der Waals surface area contributed by atoms with Crippen LogP contribution in [0.5, 0.6) is 0 Å². The van der Waals surface area contributed by atoms with Gasteiger partial charge < -0.3 is 20.3 Å². The van der Waals surface area contributed by atoms with Crippen molar-refractivity contribution in [2.45, 2.75) is 315 Å². The number of ether oxygens (including phenoxy) is 1. The smallest absolute Gasteiger partial charge is 0.305 e. The molecule has 1 amide bonds. The van der Waals surface area contributed by atoms with E-state index in [0.29, 0.717) is 25.9 Å². The maximum absolute atomic E-state index is 12.4. The van der Waals surface area contributed by atoms with Crippen LogP contribution in [0.4, 0.5) is 0 Å². The van der Waals surface area contributed by atoms with Crippen molar-refractivity contribution in [3.05, 3.63) is 24.3 Å². The van der Waals surface area contributed by atoms with Crippen molar-refractivity contribution in [2.24, 2.45) is 0 Å². The van der Waals surface area contributed by atoms with Gasteiger partial charge in [-0.3, -0.25) is 9.59 Å². The predicted molar refractivity (Wildman–Crippen MR) is 273 cm³/mol. The highest BCUT2D eigenvalue weighted by molar-refractivity contribution is 5.76. The predicted octanol–water partition coefficient (Wildman–Crippen LogP) is 17.1. The molecule has 3 N–H and O–H groups in total. The summed E-state index contributed by atoms with van der Waals surface area (Å²) in [7, 11) is 0. The number of hydrogen-bond acceptors (Lipinski definition) is 5. The lowest BCUT2D eigenvalue weighted by atomic mass is 10.0. The lowest BCUT2D eigenvalue weighted by Crippen LogP contribution is -2.45. The van der Waals surface area contributed by atoms with Crippen molar-refractivity contribution in [1.29, 1.82) is 0 Å². The Labute approximate surface area is 392 Å². The second-order valence-corrected chi connectivity index (χ2v) is 19.3. The molecule has 0 radical (unpaired) electrons. The number of rotatable bonds is 52. The first-order valence-electron chi connectivity index (χ1n) is 28.1. The van der Waals surface area contributed by atoms with Crippen LogP contribution in [0.2, 0.25) is 0 Å². The molecule has 0 bridgehead atoms. The molecule has 0 heterocycles. The fourth-order valence-corrected chi connectivity index (χ4v) is 8.63. The van der Waals surface area contributed by atoms with E-state index in [1.165, 1.54) is 225 Å². The fourth-order valence-electron chi connectivity index (χ4n) is 8.63. The van der Waals surface area contributed by atoms with Crippen molar-refractivity contribution in [2.75, 3.05) is 13.2 Å². The van der Waals surface area contributed by atoms with E-state index >= 15 is 0 Å². The van der Waals surface area contributed by atoms with Crippen molar-refractivity contribution in [3.8, 4) is 0 Å². The third-order valence-corrected chi connectivity index (χ3v) is 13.0. The summed E-state index contributed by atoms with van der Waals surface area (Å²) in [6, 6.07) is -0.545. The molecule has 2 atom stereocenters. The molecule has 0 aromatic carbocycles. The van der Waals surface area contributed by atoms with Crippen molar-refractivity contribution >= 4 is 11.9 Å². The van der Waals surface area contributed by atoms with Gasteiger partial charge in [-0.25, -0.2) is 0 Å². The monoisotopic (exact) mass is 888 g/mol. The Morgan fingerprint density at radius 1 is 0.429 bits per heavy atom. The van der Waals surface area contributed by atoms with Gasteiger partial charge in [0.2, 0.25) is 5.91 Å². The molecule has 0 aromatic rings. The lowest BCUT2D eigenvalue weighted by molar-refractivity contribution is -0.143. The second-order valence-electron chi connectivity index (χ2n) is 19.3. The van der Waals surface area contributed by atoms with Gasteiger partial charge in [0, 0.05) is 12.8 Å². The minimum absolute atomic E-state index is 0.000145. The molecule has 372 valence electrons. The normalized spacial score (nSPS) is 12.8. The highest BCUT2D eigenvalue weighted by Gasteiger charge is 2.20. The van der Waals surface area contributed by atoms with Crippen LogP contribution in [0.3, 0.4) is 0 Å². The maximum atomic E-state index is 12.4. The Bertz CT molecular complexity index is 982. The molecule has 2 unspecified atom stereocenters. The SMILES string of the molecule is CCCCCCCC/C=C\CCCCCCCC(=O)OCCCCCCCCCCCC/C=C\CCCCCCCCCC(=O)NC(CO)C(O)CCCCCCCCCCCC. The zero-order valence-corrected chi connectivity index (χ0v) is 42.3. The van der Waals surface area contributed by atoms with Crippen LogP contribution in [0, 0.1) is 0 Å². The maximum Gasteiger partial charge on any atom is 0.305 e. The van der Waals surface area contributed by atoms with E-state index < -0.39 is 12.1 Å². The van der Waals surface area contributed by atoms with Crippen LogP contribution >= 0.6 is 0 Å².